The number of hydrogen-bond acceptors (Lipinski definition) is 6. The number of nitrogens with one attached hydrogen (secondary N) is 1. The van der Waals surface area contributed by atoms with Crippen molar-refractivity contribution in [1.29, 1.82) is 0 Å². The second-order valence-electron chi connectivity index (χ2n) is 4.41. The Morgan fingerprint density at radius 3 is 2.45 bits per heavy atom. The summed E-state index contributed by atoms with van der Waals surface area (Å²) in [6, 6.07) is 7.58. The third-order valence-corrected chi connectivity index (χ3v) is 2.91. The molecule has 0 saturated carbocycles. The summed E-state index contributed by atoms with van der Waals surface area (Å²) < 4.78 is 9.29. The summed E-state index contributed by atoms with van der Waals surface area (Å²) in [5, 5.41) is 2.93. The number of ether oxygens (including phenoxy) is 2. The second-order valence-corrected chi connectivity index (χ2v) is 4.41. The molecule has 6 nitrogen and oxygen atoms in total. The highest BCUT2D eigenvalue weighted by Gasteiger charge is 2.28. The predicted octanol–water partition coefficient (Wildman–Crippen LogP) is 0.804. The van der Waals surface area contributed by atoms with Gasteiger partial charge in [0.1, 0.15) is 11.8 Å². The van der Waals surface area contributed by atoms with Crippen molar-refractivity contribution in [2.45, 2.75) is 25.3 Å². The maximum Gasteiger partial charge on any atom is 0.425 e. The summed E-state index contributed by atoms with van der Waals surface area (Å²) in [5.74, 6) is -3.02. The van der Waals surface area contributed by atoms with Gasteiger partial charge in [-0.15, -0.1) is 0 Å². The fourth-order valence-electron chi connectivity index (χ4n) is 1.89. The van der Waals surface area contributed by atoms with Gasteiger partial charge in [0.25, 0.3) is 0 Å². The molecule has 1 atom stereocenters. The van der Waals surface area contributed by atoms with Crippen LogP contribution in [0.5, 0.6) is 5.75 Å². The van der Waals surface area contributed by atoms with Gasteiger partial charge < -0.3 is 14.8 Å². The summed E-state index contributed by atoms with van der Waals surface area (Å²) in [6.45, 7) is 0.697. The van der Waals surface area contributed by atoms with Crippen molar-refractivity contribution >= 4 is 17.9 Å². The summed E-state index contributed by atoms with van der Waals surface area (Å²) in [4.78, 5) is 34.6. The van der Waals surface area contributed by atoms with Crippen LogP contribution in [0, 0.1) is 0 Å². The van der Waals surface area contributed by atoms with E-state index in [4.69, 9.17) is 4.74 Å². The van der Waals surface area contributed by atoms with Crippen LogP contribution in [0.3, 0.4) is 0 Å². The van der Waals surface area contributed by atoms with Crippen molar-refractivity contribution in [2.75, 3.05) is 6.54 Å². The van der Waals surface area contributed by atoms with E-state index in [-0.39, 0.29) is 5.75 Å². The van der Waals surface area contributed by atoms with Gasteiger partial charge >= 0.3 is 17.9 Å². The third-order valence-electron chi connectivity index (χ3n) is 2.91. The zero-order valence-electron chi connectivity index (χ0n) is 10.8. The minimum Gasteiger partial charge on any atom is -0.418 e. The zero-order valence-corrected chi connectivity index (χ0v) is 10.8. The average Bonchev–Trinajstić information content (AvgIpc) is 2.49. The van der Waals surface area contributed by atoms with E-state index in [1.54, 1.807) is 18.2 Å². The van der Waals surface area contributed by atoms with Gasteiger partial charge in [-0.2, -0.15) is 0 Å². The van der Waals surface area contributed by atoms with E-state index in [9.17, 15) is 14.4 Å². The van der Waals surface area contributed by atoms with Crippen LogP contribution in [0.25, 0.3) is 0 Å². The largest absolute Gasteiger partial charge is 0.425 e. The Labute approximate surface area is 116 Å². The van der Waals surface area contributed by atoms with Gasteiger partial charge in [0.05, 0.1) is 0 Å². The SMILES string of the molecule is O=C(OC(=O)[C@@H]1CCCCN1)C(=O)Oc1ccccc1. The molecular weight excluding hydrogens is 262 g/mol. The molecule has 106 valence electrons. The number of esters is 3. The molecule has 0 amide bonds. The minimum absolute atomic E-state index is 0.220. The molecule has 1 saturated heterocycles. The first kappa shape index (κ1) is 14.2. The van der Waals surface area contributed by atoms with E-state index in [0.717, 1.165) is 12.8 Å². The molecule has 0 radical (unpaired) electrons. The van der Waals surface area contributed by atoms with Gasteiger partial charge in [-0.05, 0) is 31.5 Å². The van der Waals surface area contributed by atoms with Crippen molar-refractivity contribution in [2.24, 2.45) is 0 Å². The molecular formula is C14H15NO5. The number of piperidine rings is 1. The number of carbonyl (C=O) groups excluding carboxylic acids is 3. The number of para-hydroxylation sites is 1. The molecule has 1 aliphatic heterocycles. The molecule has 2 rings (SSSR count). The molecule has 0 spiro atoms. The van der Waals surface area contributed by atoms with E-state index in [1.165, 1.54) is 12.1 Å². The van der Waals surface area contributed by atoms with Crippen LogP contribution < -0.4 is 10.1 Å². The highest BCUT2D eigenvalue weighted by Crippen LogP contribution is 2.10. The molecule has 1 aliphatic rings. The Bertz CT molecular complexity index is 494. The monoisotopic (exact) mass is 277 g/mol. The Kier molecular flexibility index (Phi) is 4.84. The molecule has 0 aromatic heterocycles. The van der Waals surface area contributed by atoms with Crippen molar-refractivity contribution in [3.05, 3.63) is 30.3 Å². The second kappa shape index (κ2) is 6.81. The smallest absolute Gasteiger partial charge is 0.418 e. The van der Waals surface area contributed by atoms with Crippen molar-refractivity contribution in [3.63, 3.8) is 0 Å². The lowest BCUT2D eigenvalue weighted by atomic mass is 10.1. The lowest BCUT2D eigenvalue weighted by molar-refractivity contribution is -0.170. The highest BCUT2D eigenvalue weighted by atomic mass is 16.6. The highest BCUT2D eigenvalue weighted by molar-refractivity contribution is 6.32. The van der Waals surface area contributed by atoms with Crippen molar-refractivity contribution in [1.82, 2.24) is 5.32 Å². The standard InChI is InChI=1S/C14H15NO5/c16-12(11-8-4-5-9-15-11)20-14(18)13(17)19-10-6-2-1-3-7-10/h1-3,6-7,11,15H,4-5,8-9H2/t11-/m0/s1. The maximum absolute atomic E-state index is 11.7. The summed E-state index contributed by atoms with van der Waals surface area (Å²) in [7, 11) is 0. The molecule has 20 heavy (non-hydrogen) atoms. The molecule has 0 unspecified atom stereocenters. The number of hydrogen-bond donors (Lipinski definition) is 1. The summed E-state index contributed by atoms with van der Waals surface area (Å²) in [6.07, 6.45) is 2.46. The lowest BCUT2D eigenvalue weighted by Gasteiger charge is -2.20. The van der Waals surface area contributed by atoms with E-state index in [2.05, 4.69) is 10.1 Å². The minimum atomic E-state index is -1.30. The van der Waals surface area contributed by atoms with Gasteiger partial charge in [0.2, 0.25) is 0 Å². The predicted molar refractivity (Wildman–Crippen MR) is 68.8 cm³/mol. The molecule has 1 N–H and O–H groups in total. The van der Waals surface area contributed by atoms with Crippen LogP contribution in [-0.4, -0.2) is 30.5 Å². The molecule has 0 bridgehead atoms. The van der Waals surface area contributed by atoms with Gasteiger partial charge in [-0.25, -0.2) is 14.4 Å². The first-order valence-corrected chi connectivity index (χ1v) is 6.43. The molecule has 1 heterocycles. The lowest BCUT2D eigenvalue weighted by Crippen LogP contribution is -2.43. The molecule has 1 aromatic rings. The van der Waals surface area contributed by atoms with Crippen molar-refractivity contribution < 1.29 is 23.9 Å². The summed E-state index contributed by atoms with van der Waals surface area (Å²) >= 11 is 0. The van der Waals surface area contributed by atoms with Crippen LogP contribution in [0.1, 0.15) is 19.3 Å². The van der Waals surface area contributed by atoms with Gasteiger partial charge in [-0.1, -0.05) is 24.6 Å². The van der Waals surface area contributed by atoms with E-state index < -0.39 is 23.9 Å². The number of benzene rings is 1. The van der Waals surface area contributed by atoms with E-state index in [0.29, 0.717) is 13.0 Å². The number of carbonyl (C=O) groups is 3. The number of rotatable bonds is 2. The van der Waals surface area contributed by atoms with E-state index >= 15 is 0 Å². The third kappa shape index (κ3) is 3.89. The Morgan fingerprint density at radius 2 is 1.80 bits per heavy atom. The first-order valence-electron chi connectivity index (χ1n) is 6.43. The fourth-order valence-corrected chi connectivity index (χ4v) is 1.89. The van der Waals surface area contributed by atoms with Crippen LogP contribution in [-0.2, 0) is 19.1 Å². The summed E-state index contributed by atoms with van der Waals surface area (Å²) in [5.41, 5.74) is 0. The zero-order chi connectivity index (χ0) is 14.4. The van der Waals surface area contributed by atoms with Crippen LogP contribution in [0.2, 0.25) is 0 Å². The van der Waals surface area contributed by atoms with Gasteiger partial charge in [0.15, 0.2) is 0 Å². The molecule has 0 aliphatic carbocycles. The Morgan fingerprint density at radius 1 is 1.05 bits per heavy atom. The Balaban J connectivity index is 1.84. The van der Waals surface area contributed by atoms with Crippen LogP contribution >= 0.6 is 0 Å². The van der Waals surface area contributed by atoms with Crippen LogP contribution in [0.15, 0.2) is 30.3 Å². The first-order chi connectivity index (χ1) is 9.66. The van der Waals surface area contributed by atoms with Crippen LogP contribution in [0.4, 0.5) is 0 Å². The van der Waals surface area contributed by atoms with Gasteiger partial charge in [-0.3, -0.25) is 0 Å². The average molecular weight is 277 g/mol. The quantitative estimate of drug-likeness (QED) is 0.373. The maximum atomic E-state index is 11.7. The molecule has 6 heteroatoms. The topological polar surface area (TPSA) is 81.7 Å². The molecule has 1 aromatic carbocycles. The van der Waals surface area contributed by atoms with Gasteiger partial charge in [0, 0.05) is 0 Å². The molecule has 1 fully saturated rings. The van der Waals surface area contributed by atoms with Crippen molar-refractivity contribution in [3.8, 4) is 5.75 Å². The Hall–Kier alpha value is -2.21. The van der Waals surface area contributed by atoms with E-state index in [1.807, 2.05) is 0 Å². The normalized spacial score (nSPS) is 18.1. The fraction of sp³-hybridized carbons (Fsp3) is 0.357.